The second-order valence-corrected chi connectivity index (χ2v) is 6.13. The van der Waals surface area contributed by atoms with Crippen LogP contribution in [-0.4, -0.2) is 11.1 Å². The molecule has 0 aliphatic heterocycles. The van der Waals surface area contributed by atoms with E-state index in [0.717, 1.165) is 5.56 Å². The zero-order chi connectivity index (χ0) is 15.4. The summed E-state index contributed by atoms with van der Waals surface area (Å²) in [4.78, 5) is 10.3. The van der Waals surface area contributed by atoms with E-state index < -0.39 is 11.9 Å². The van der Waals surface area contributed by atoms with E-state index in [1.54, 1.807) is 12.1 Å². The number of carboxylic acids is 1. The van der Waals surface area contributed by atoms with Gasteiger partial charge in [0, 0.05) is 18.4 Å². The van der Waals surface area contributed by atoms with Crippen molar-refractivity contribution < 1.29 is 18.7 Å². The number of aliphatic carboxylic acids is 1. The summed E-state index contributed by atoms with van der Waals surface area (Å²) >= 11 is 0. The Bertz CT molecular complexity index is 445. The molecule has 0 radical (unpaired) electrons. The van der Waals surface area contributed by atoms with Crippen LogP contribution in [0.4, 0.5) is 8.78 Å². The molecule has 0 spiro atoms. The lowest BCUT2D eigenvalue weighted by Crippen LogP contribution is -2.15. The van der Waals surface area contributed by atoms with Crippen molar-refractivity contribution in [1.82, 2.24) is 0 Å². The molecule has 20 heavy (non-hydrogen) atoms. The largest absolute Gasteiger partial charge is 0.481 e. The van der Waals surface area contributed by atoms with Gasteiger partial charge in [-0.25, -0.2) is 8.78 Å². The predicted molar refractivity (Wildman–Crippen MR) is 75.1 cm³/mol. The predicted octanol–water partition coefficient (Wildman–Crippen LogP) is 4.72. The monoisotopic (exact) mass is 284 g/mol. The van der Waals surface area contributed by atoms with Crippen LogP contribution >= 0.6 is 0 Å². The molecule has 0 aromatic heterocycles. The van der Waals surface area contributed by atoms with Crippen LogP contribution in [0.2, 0.25) is 0 Å². The molecule has 1 rings (SSSR count). The molecule has 0 aliphatic carbocycles. The van der Waals surface area contributed by atoms with Crippen LogP contribution in [0, 0.1) is 0 Å². The highest BCUT2D eigenvalue weighted by Crippen LogP contribution is 2.34. The van der Waals surface area contributed by atoms with Crippen LogP contribution in [-0.2, 0) is 16.1 Å². The van der Waals surface area contributed by atoms with Crippen LogP contribution in [0.3, 0.4) is 0 Å². The van der Waals surface area contributed by atoms with Gasteiger partial charge in [-0.3, -0.25) is 4.79 Å². The number of carbonyl (C=O) groups is 1. The molecular weight excluding hydrogens is 262 g/mol. The van der Waals surface area contributed by atoms with E-state index in [2.05, 4.69) is 0 Å². The summed E-state index contributed by atoms with van der Waals surface area (Å²) in [6.07, 6.45) is 0.125. The average molecular weight is 284 g/mol. The average Bonchev–Trinajstić information content (AvgIpc) is 2.34. The van der Waals surface area contributed by atoms with Crippen LogP contribution in [0.1, 0.15) is 57.6 Å². The van der Waals surface area contributed by atoms with E-state index >= 15 is 0 Å². The summed E-state index contributed by atoms with van der Waals surface area (Å²) in [5, 5.41) is 8.48. The summed E-state index contributed by atoms with van der Waals surface area (Å²) in [6.45, 7) is 6.10. The van der Waals surface area contributed by atoms with Crippen LogP contribution in [0.5, 0.6) is 0 Å². The van der Waals surface area contributed by atoms with Gasteiger partial charge in [-0.05, 0) is 23.8 Å². The Labute approximate surface area is 118 Å². The number of halogens is 2. The molecule has 2 nitrogen and oxygen atoms in total. The van der Waals surface area contributed by atoms with Crippen molar-refractivity contribution in [3.63, 3.8) is 0 Å². The minimum Gasteiger partial charge on any atom is -0.481 e. The lowest BCUT2D eigenvalue weighted by molar-refractivity contribution is -0.137. The van der Waals surface area contributed by atoms with E-state index in [0.29, 0.717) is 0 Å². The quantitative estimate of drug-likeness (QED) is 0.767. The van der Waals surface area contributed by atoms with Gasteiger partial charge in [-0.15, -0.1) is 0 Å². The molecule has 0 saturated heterocycles. The van der Waals surface area contributed by atoms with Gasteiger partial charge in [-0.1, -0.05) is 45.0 Å². The Morgan fingerprint density at radius 1 is 1.05 bits per heavy atom. The van der Waals surface area contributed by atoms with E-state index in [1.807, 2.05) is 20.8 Å². The Hall–Kier alpha value is -1.45. The first-order valence-electron chi connectivity index (χ1n) is 6.83. The molecule has 0 fully saturated rings. The first-order valence-corrected chi connectivity index (χ1v) is 6.83. The molecule has 0 unspecified atom stereocenters. The SMILES string of the molecule is CC(C)(C)c1ccc(C(F)(F)CCCCC(=O)O)cc1. The highest BCUT2D eigenvalue weighted by Gasteiger charge is 2.31. The topological polar surface area (TPSA) is 37.3 Å². The normalized spacial score (nSPS) is 12.4. The number of alkyl halides is 2. The third kappa shape index (κ3) is 4.91. The van der Waals surface area contributed by atoms with E-state index in [1.165, 1.54) is 12.1 Å². The molecule has 0 atom stereocenters. The molecule has 0 amide bonds. The summed E-state index contributed by atoms with van der Waals surface area (Å²) in [5.74, 6) is -3.84. The third-order valence-electron chi connectivity index (χ3n) is 3.30. The fraction of sp³-hybridized carbons (Fsp3) is 0.562. The van der Waals surface area contributed by atoms with Crippen molar-refractivity contribution in [1.29, 1.82) is 0 Å². The van der Waals surface area contributed by atoms with Crippen molar-refractivity contribution in [2.75, 3.05) is 0 Å². The molecule has 0 aliphatic rings. The highest BCUT2D eigenvalue weighted by atomic mass is 19.3. The van der Waals surface area contributed by atoms with Crippen molar-refractivity contribution in [2.24, 2.45) is 0 Å². The van der Waals surface area contributed by atoms with Gasteiger partial charge in [0.15, 0.2) is 0 Å². The van der Waals surface area contributed by atoms with Crippen LogP contribution in [0.25, 0.3) is 0 Å². The van der Waals surface area contributed by atoms with E-state index in [9.17, 15) is 13.6 Å². The molecule has 0 heterocycles. The van der Waals surface area contributed by atoms with Gasteiger partial charge in [0.2, 0.25) is 0 Å². The first-order chi connectivity index (χ1) is 9.13. The third-order valence-corrected chi connectivity index (χ3v) is 3.30. The van der Waals surface area contributed by atoms with Gasteiger partial charge in [0.25, 0.3) is 5.92 Å². The van der Waals surface area contributed by atoms with Crippen molar-refractivity contribution in [3.8, 4) is 0 Å². The lowest BCUT2D eigenvalue weighted by Gasteiger charge is -2.21. The molecular formula is C16H22F2O2. The van der Waals surface area contributed by atoms with Crippen LogP contribution in [0.15, 0.2) is 24.3 Å². The van der Waals surface area contributed by atoms with Crippen molar-refractivity contribution >= 4 is 5.97 Å². The smallest absolute Gasteiger partial charge is 0.303 e. The minimum absolute atomic E-state index is 0.000764. The molecule has 1 N–H and O–H groups in total. The zero-order valence-electron chi connectivity index (χ0n) is 12.2. The van der Waals surface area contributed by atoms with Gasteiger partial charge >= 0.3 is 5.97 Å². The fourth-order valence-corrected chi connectivity index (χ4v) is 1.98. The Balaban J connectivity index is 2.65. The molecule has 112 valence electrons. The maximum absolute atomic E-state index is 14.0. The van der Waals surface area contributed by atoms with Gasteiger partial charge < -0.3 is 5.11 Å². The summed E-state index contributed by atoms with van der Waals surface area (Å²) < 4.78 is 27.9. The molecule has 0 bridgehead atoms. The number of carboxylic acid groups (broad SMARTS) is 1. The number of benzene rings is 1. The second-order valence-electron chi connectivity index (χ2n) is 6.13. The van der Waals surface area contributed by atoms with E-state index in [4.69, 9.17) is 5.11 Å². The van der Waals surface area contributed by atoms with Gasteiger partial charge in [-0.2, -0.15) is 0 Å². The van der Waals surface area contributed by atoms with Gasteiger partial charge in [0.1, 0.15) is 0 Å². The highest BCUT2D eigenvalue weighted by molar-refractivity contribution is 5.66. The Kier molecular flexibility index (Phi) is 5.26. The fourth-order valence-electron chi connectivity index (χ4n) is 1.98. The maximum atomic E-state index is 14.0. The number of hydrogen-bond donors (Lipinski definition) is 1. The van der Waals surface area contributed by atoms with Gasteiger partial charge in [0.05, 0.1) is 0 Å². The lowest BCUT2D eigenvalue weighted by atomic mass is 9.86. The summed E-state index contributed by atoms with van der Waals surface area (Å²) in [6, 6.07) is 6.41. The standard InChI is InChI=1S/C16H22F2O2/c1-15(2,3)12-7-9-13(10-8-12)16(17,18)11-5-4-6-14(19)20/h7-10H,4-6,11H2,1-3H3,(H,19,20). The first kappa shape index (κ1) is 16.6. The van der Waals surface area contributed by atoms with Crippen molar-refractivity contribution in [3.05, 3.63) is 35.4 Å². The Morgan fingerprint density at radius 2 is 1.55 bits per heavy atom. The van der Waals surface area contributed by atoms with E-state index in [-0.39, 0.29) is 36.7 Å². The summed E-state index contributed by atoms with van der Waals surface area (Å²) in [5.41, 5.74) is 0.957. The summed E-state index contributed by atoms with van der Waals surface area (Å²) in [7, 11) is 0. The molecule has 1 aromatic rings. The minimum atomic E-state index is -2.89. The molecule has 1 aromatic carbocycles. The molecule has 0 saturated carbocycles. The molecule has 4 heteroatoms. The van der Waals surface area contributed by atoms with Crippen LogP contribution < -0.4 is 0 Å². The second kappa shape index (κ2) is 6.33. The number of unbranched alkanes of at least 4 members (excludes halogenated alkanes) is 1. The maximum Gasteiger partial charge on any atom is 0.303 e. The zero-order valence-corrected chi connectivity index (χ0v) is 12.2. The van der Waals surface area contributed by atoms with Crippen molar-refractivity contribution in [2.45, 2.75) is 57.8 Å². The Morgan fingerprint density at radius 3 is 2.00 bits per heavy atom. The number of rotatable bonds is 6. The number of hydrogen-bond acceptors (Lipinski definition) is 1.